The highest BCUT2D eigenvalue weighted by Crippen LogP contribution is 2.09. The number of anilines is 1. The van der Waals surface area contributed by atoms with E-state index in [1.54, 1.807) is 42.7 Å². The number of carbonyl (C=O) groups is 1. The van der Waals surface area contributed by atoms with Crippen LogP contribution in [0.4, 0.5) is 10.3 Å². The first-order valence-electron chi connectivity index (χ1n) is 7.44. The first-order valence-corrected chi connectivity index (χ1v) is 7.44. The molecule has 3 heterocycles. The molecule has 8 nitrogen and oxygen atoms in total. The van der Waals surface area contributed by atoms with Gasteiger partial charge in [-0.3, -0.25) is 10.1 Å². The molecule has 3 aromatic heterocycles. The minimum atomic E-state index is -0.450. The van der Waals surface area contributed by atoms with Gasteiger partial charge in [-0.2, -0.15) is 5.10 Å². The lowest BCUT2D eigenvalue weighted by atomic mass is 10.2. The molecule has 0 spiro atoms. The Morgan fingerprint density at radius 1 is 1.16 bits per heavy atom. The zero-order valence-electron chi connectivity index (χ0n) is 12.9. The van der Waals surface area contributed by atoms with E-state index in [2.05, 4.69) is 25.5 Å². The highest BCUT2D eigenvalue weighted by molar-refractivity contribution is 6.02. The number of hydrogen-bond acceptors (Lipinski definition) is 5. The molecule has 124 valence electrons. The largest absolute Gasteiger partial charge is 0.288 e. The van der Waals surface area contributed by atoms with E-state index in [1.165, 1.54) is 21.6 Å². The average molecular weight is 337 g/mol. The van der Waals surface area contributed by atoms with Crippen molar-refractivity contribution < 1.29 is 9.18 Å². The second-order valence-electron chi connectivity index (χ2n) is 5.26. The van der Waals surface area contributed by atoms with Gasteiger partial charge in [-0.15, -0.1) is 5.10 Å². The van der Waals surface area contributed by atoms with Crippen molar-refractivity contribution >= 4 is 17.5 Å². The van der Waals surface area contributed by atoms with E-state index in [0.717, 1.165) is 0 Å². The number of amides is 1. The fourth-order valence-electron chi connectivity index (χ4n) is 2.34. The molecule has 0 saturated carbocycles. The maximum atomic E-state index is 13.7. The van der Waals surface area contributed by atoms with Gasteiger partial charge in [0.25, 0.3) is 5.91 Å². The zero-order chi connectivity index (χ0) is 17.2. The van der Waals surface area contributed by atoms with Gasteiger partial charge in [0.1, 0.15) is 12.1 Å². The van der Waals surface area contributed by atoms with Gasteiger partial charge >= 0.3 is 0 Å². The molecule has 0 aliphatic rings. The summed E-state index contributed by atoms with van der Waals surface area (Å²) in [7, 11) is 0. The van der Waals surface area contributed by atoms with E-state index in [0.29, 0.717) is 11.2 Å². The monoisotopic (exact) mass is 337 g/mol. The van der Waals surface area contributed by atoms with Gasteiger partial charge in [0.05, 0.1) is 6.54 Å². The number of nitrogens with one attached hydrogen (secondary N) is 1. The molecule has 0 atom stereocenters. The standard InChI is InChI=1S/C16H12FN7O/c17-12-5-2-1-4-11(12)9-23-10-19-16(22-23)20-15(25)13-8-14-18-6-3-7-24(14)21-13/h1-8,10H,9H2,(H,20,22,25). The number of hydrogen-bond donors (Lipinski definition) is 1. The summed E-state index contributed by atoms with van der Waals surface area (Å²) in [5.74, 6) is -0.652. The number of aromatic nitrogens is 6. The topological polar surface area (TPSA) is 90.0 Å². The Labute approximate surface area is 141 Å². The molecule has 0 unspecified atom stereocenters. The molecule has 4 aromatic rings. The van der Waals surface area contributed by atoms with Gasteiger partial charge in [0, 0.05) is 24.0 Å². The maximum absolute atomic E-state index is 13.7. The molecule has 1 aromatic carbocycles. The van der Waals surface area contributed by atoms with Crippen LogP contribution < -0.4 is 5.32 Å². The molecule has 9 heteroatoms. The number of fused-ring (bicyclic) bond motifs is 1. The van der Waals surface area contributed by atoms with Crippen LogP contribution >= 0.6 is 0 Å². The van der Waals surface area contributed by atoms with Gasteiger partial charge in [0.2, 0.25) is 5.95 Å². The average Bonchev–Trinajstić information content (AvgIpc) is 3.23. The van der Waals surface area contributed by atoms with Crippen LogP contribution in [0.3, 0.4) is 0 Å². The van der Waals surface area contributed by atoms with Crippen LogP contribution in [0, 0.1) is 5.82 Å². The molecule has 0 saturated heterocycles. The van der Waals surface area contributed by atoms with E-state index in [-0.39, 0.29) is 24.0 Å². The van der Waals surface area contributed by atoms with Crippen molar-refractivity contribution in [1.29, 1.82) is 0 Å². The molecule has 25 heavy (non-hydrogen) atoms. The van der Waals surface area contributed by atoms with Gasteiger partial charge in [-0.25, -0.2) is 23.6 Å². The second-order valence-corrected chi connectivity index (χ2v) is 5.26. The predicted molar refractivity (Wildman–Crippen MR) is 86.5 cm³/mol. The van der Waals surface area contributed by atoms with E-state index < -0.39 is 5.91 Å². The summed E-state index contributed by atoms with van der Waals surface area (Å²) in [5.41, 5.74) is 1.24. The zero-order valence-corrected chi connectivity index (χ0v) is 12.9. The van der Waals surface area contributed by atoms with Crippen molar-refractivity contribution in [3.8, 4) is 0 Å². The molecule has 4 rings (SSSR count). The SMILES string of the molecule is O=C(Nc1ncn(Cc2ccccc2F)n1)c1cc2ncccn2n1. The van der Waals surface area contributed by atoms with Crippen LogP contribution in [0.25, 0.3) is 5.65 Å². The summed E-state index contributed by atoms with van der Waals surface area (Å²) in [6.07, 6.45) is 4.73. The molecule has 0 aliphatic carbocycles. The number of rotatable bonds is 4. The number of nitrogens with zero attached hydrogens (tertiary/aromatic N) is 6. The van der Waals surface area contributed by atoms with E-state index in [4.69, 9.17) is 0 Å². The Kier molecular flexibility index (Phi) is 3.65. The van der Waals surface area contributed by atoms with Crippen molar-refractivity contribution in [3.63, 3.8) is 0 Å². The smallest absolute Gasteiger partial charge is 0.278 e. The highest BCUT2D eigenvalue weighted by atomic mass is 19.1. The summed E-state index contributed by atoms with van der Waals surface area (Å²) >= 11 is 0. The summed E-state index contributed by atoms with van der Waals surface area (Å²) in [6.45, 7) is 0.216. The van der Waals surface area contributed by atoms with Crippen molar-refractivity contribution in [2.45, 2.75) is 6.54 Å². The number of carbonyl (C=O) groups excluding carboxylic acids is 1. The van der Waals surface area contributed by atoms with Crippen LogP contribution in [0.5, 0.6) is 0 Å². The summed E-state index contributed by atoms with van der Waals surface area (Å²) in [6, 6.07) is 9.69. The van der Waals surface area contributed by atoms with Crippen LogP contribution in [-0.4, -0.2) is 35.3 Å². The Bertz CT molecular complexity index is 1020. The highest BCUT2D eigenvalue weighted by Gasteiger charge is 2.14. The van der Waals surface area contributed by atoms with Crippen LogP contribution in [0.1, 0.15) is 16.1 Å². The van der Waals surface area contributed by atoms with Crippen molar-refractivity contribution in [3.05, 3.63) is 72.2 Å². The van der Waals surface area contributed by atoms with Crippen LogP contribution in [0.2, 0.25) is 0 Å². The first-order chi connectivity index (χ1) is 12.2. The third-order valence-electron chi connectivity index (χ3n) is 3.52. The lowest BCUT2D eigenvalue weighted by Gasteiger charge is -2.02. The summed E-state index contributed by atoms with van der Waals surface area (Å²) in [4.78, 5) is 20.4. The Morgan fingerprint density at radius 3 is 2.88 bits per heavy atom. The second kappa shape index (κ2) is 6.11. The first kappa shape index (κ1) is 14.9. The van der Waals surface area contributed by atoms with Gasteiger partial charge in [0.15, 0.2) is 11.3 Å². The quantitative estimate of drug-likeness (QED) is 0.613. The third-order valence-corrected chi connectivity index (χ3v) is 3.52. The molecule has 1 N–H and O–H groups in total. The molecule has 0 fully saturated rings. The molecule has 0 bridgehead atoms. The molecular weight excluding hydrogens is 325 g/mol. The fraction of sp³-hybridized carbons (Fsp3) is 0.0625. The Hall–Kier alpha value is -3.62. The minimum Gasteiger partial charge on any atom is -0.288 e. The number of benzene rings is 1. The normalized spacial score (nSPS) is 10.9. The molecule has 0 radical (unpaired) electrons. The lowest BCUT2D eigenvalue weighted by Crippen LogP contribution is -2.14. The molecule has 0 aliphatic heterocycles. The predicted octanol–water partition coefficient (Wildman–Crippen LogP) is 1.76. The molecular formula is C16H12FN7O. The van der Waals surface area contributed by atoms with E-state index in [1.807, 2.05) is 0 Å². The van der Waals surface area contributed by atoms with Crippen molar-refractivity contribution in [2.24, 2.45) is 0 Å². The van der Waals surface area contributed by atoms with Crippen molar-refractivity contribution in [1.82, 2.24) is 29.4 Å². The van der Waals surface area contributed by atoms with Crippen LogP contribution in [-0.2, 0) is 6.54 Å². The van der Waals surface area contributed by atoms with Gasteiger partial charge in [-0.1, -0.05) is 18.2 Å². The third kappa shape index (κ3) is 3.07. The molecule has 1 amide bonds. The van der Waals surface area contributed by atoms with E-state index in [9.17, 15) is 9.18 Å². The summed E-state index contributed by atoms with van der Waals surface area (Å²) < 4.78 is 16.6. The lowest BCUT2D eigenvalue weighted by molar-refractivity contribution is 0.102. The van der Waals surface area contributed by atoms with Crippen LogP contribution in [0.15, 0.2) is 55.1 Å². The fourth-order valence-corrected chi connectivity index (χ4v) is 2.34. The van der Waals surface area contributed by atoms with Crippen molar-refractivity contribution in [2.75, 3.05) is 5.32 Å². The van der Waals surface area contributed by atoms with E-state index >= 15 is 0 Å². The number of halogens is 1. The summed E-state index contributed by atoms with van der Waals surface area (Å²) in [5, 5.41) is 10.8. The van der Waals surface area contributed by atoms with Gasteiger partial charge in [-0.05, 0) is 12.1 Å². The Balaban J connectivity index is 1.49. The maximum Gasteiger partial charge on any atom is 0.278 e. The van der Waals surface area contributed by atoms with Gasteiger partial charge < -0.3 is 0 Å². The Morgan fingerprint density at radius 2 is 2.04 bits per heavy atom. The minimum absolute atomic E-state index is 0.117.